The number of aromatic hydroxyl groups is 1. The number of phenolic OH excluding ortho intramolecular Hbond substituents is 1. The van der Waals surface area contributed by atoms with E-state index in [1.807, 2.05) is 25.1 Å². The van der Waals surface area contributed by atoms with Crippen LogP contribution in [0.3, 0.4) is 0 Å². The van der Waals surface area contributed by atoms with Gasteiger partial charge in [-0.1, -0.05) is 12.1 Å². The molecule has 2 N–H and O–H groups in total. The van der Waals surface area contributed by atoms with Crippen LogP contribution < -0.4 is 9.47 Å². The standard InChI is InChI=1S/C17H20N2O4/c1-4-23-16-8-6-5-7-13(16)18-19-14-10-17(22-3)15(21)9-12(14)11(2)20/h5-11,20-21H,4H2,1-3H3. The molecule has 2 aromatic rings. The van der Waals surface area contributed by atoms with E-state index < -0.39 is 6.10 Å². The van der Waals surface area contributed by atoms with Gasteiger partial charge in [-0.15, -0.1) is 10.2 Å². The first-order chi connectivity index (χ1) is 11.1. The van der Waals surface area contributed by atoms with Crippen molar-refractivity contribution in [1.82, 2.24) is 0 Å². The third-order valence-corrected chi connectivity index (χ3v) is 3.21. The van der Waals surface area contributed by atoms with Crippen LogP contribution in [0.2, 0.25) is 0 Å². The molecule has 0 aliphatic heterocycles. The van der Waals surface area contributed by atoms with Gasteiger partial charge in [0.1, 0.15) is 11.4 Å². The fourth-order valence-corrected chi connectivity index (χ4v) is 2.08. The number of hydrogen-bond donors (Lipinski definition) is 2. The SMILES string of the molecule is CCOc1ccccc1N=Nc1cc(OC)c(O)cc1C(C)O. The molecular weight excluding hydrogens is 296 g/mol. The summed E-state index contributed by atoms with van der Waals surface area (Å²) in [5, 5.41) is 28.1. The van der Waals surface area contributed by atoms with Gasteiger partial charge in [-0.05, 0) is 32.0 Å². The van der Waals surface area contributed by atoms with Crippen LogP contribution in [0.5, 0.6) is 17.2 Å². The van der Waals surface area contributed by atoms with E-state index in [0.29, 0.717) is 29.3 Å². The van der Waals surface area contributed by atoms with E-state index >= 15 is 0 Å². The Morgan fingerprint density at radius 3 is 2.43 bits per heavy atom. The summed E-state index contributed by atoms with van der Waals surface area (Å²) in [5.74, 6) is 0.835. The number of para-hydroxylation sites is 1. The first-order valence-corrected chi connectivity index (χ1v) is 7.29. The number of methoxy groups -OCH3 is 1. The minimum absolute atomic E-state index is 0.0583. The first-order valence-electron chi connectivity index (χ1n) is 7.29. The van der Waals surface area contributed by atoms with Crippen LogP contribution in [0.15, 0.2) is 46.6 Å². The summed E-state index contributed by atoms with van der Waals surface area (Å²) in [5.41, 5.74) is 1.46. The summed E-state index contributed by atoms with van der Waals surface area (Å²) >= 11 is 0. The average molecular weight is 316 g/mol. The Labute approximate surface area is 135 Å². The third-order valence-electron chi connectivity index (χ3n) is 3.21. The molecule has 0 aliphatic carbocycles. The maximum Gasteiger partial charge on any atom is 0.162 e. The van der Waals surface area contributed by atoms with Crippen molar-refractivity contribution in [1.29, 1.82) is 0 Å². The molecule has 0 amide bonds. The average Bonchev–Trinajstić information content (AvgIpc) is 2.54. The van der Waals surface area contributed by atoms with E-state index in [9.17, 15) is 10.2 Å². The zero-order chi connectivity index (χ0) is 16.8. The Balaban J connectivity index is 2.42. The van der Waals surface area contributed by atoms with Gasteiger partial charge in [-0.3, -0.25) is 0 Å². The summed E-state index contributed by atoms with van der Waals surface area (Å²) < 4.78 is 10.6. The predicted molar refractivity (Wildman–Crippen MR) is 87.1 cm³/mol. The number of hydrogen-bond acceptors (Lipinski definition) is 6. The fourth-order valence-electron chi connectivity index (χ4n) is 2.08. The van der Waals surface area contributed by atoms with E-state index in [-0.39, 0.29) is 11.5 Å². The Bertz CT molecular complexity index is 699. The summed E-state index contributed by atoms with van der Waals surface area (Å²) in [7, 11) is 1.45. The molecule has 23 heavy (non-hydrogen) atoms. The lowest BCUT2D eigenvalue weighted by atomic mass is 10.1. The van der Waals surface area contributed by atoms with Crippen molar-refractivity contribution >= 4 is 11.4 Å². The number of ether oxygens (including phenoxy) is 2. The molecule has 6 nitrogen and oxygen atoms in total. The van der Waals surface area contributed by atoms with Gasteiger partial charge in [0.25, 0.3) is 0 Å². The maximum absolute atomic E-state index is 9.85. The number of azo groups is 1. The van der Waals surface area contributed by atoms with Crippen molar-refractivity contribution in [3.05, 3.63) is 42.0 Å². The third kappa shape index (κ3) is 3.98. The molecule has 0 aliphatic rings. The lowest BCUT2D eigenvalue weighted by molar-refractivity contribution is 0.199. The van der Waals surface area contributed by atoms with Crippen LogP contribution in [0.25, 0.3) is 0 Å². The van der Waals surface area contributed by atoms with E-state index in [1.165, 1.54) is 19.2 Å². The summed E-state index contributed by atoms with van der Waals surface area (Å²) in [4.78, 5) is 0. The number of nitrogens with zero attached hydrogens (tertiary/aromatic N) is 2. The zero-order valence-electron chi connectivity index (χ0n) is 13.4. The molecular formula is C17H20N2O4. The van der Waals surface area contributed by atoms with Gasteiger partial charge < -0.3 is 19.7 Å². The molecule has 0 radical (unpaired) electrons. The topological polar surface area (TPSA) is 83.6 Å². The molecule has 122 valence electrons. The van der Waals surface area contributed by atoms with Crippen LogP contribution >= 0.6 is 0 Å². The molecule has 0 saturated heterocycles. The van der Waals surface area contributed by atoms with Crippen molar-refractivity contribution in [2.45, 2.75) is 20.0 Å². The second-order valence-electron chi connectivity index (χ2n) is 4.86. The number of rotatable bonds is 6. The normalized spacial score (nSPS) is 12.3. The quantitative estimate of drug-likeness (QED) is 0.780. The molecule has 1 unspecified atom stereocenters. The minimum Gasteiger partial charge on any atom is -0.504 e. The van der Waals surface area contributed by atoms with Crippen LogP contribution in [-0.4, -0.2) is 23.9 Å². The van der Waals surface area contributed by atoms with E-state index in [4.69, 9.17) is 9.47 Å². The van der Waals surface area contributed by atoms with Gasteiger partial charge >= 0.3 is 0 Å². The molecule has 1 atom stereocenters. The lowest BCUT2D eigenvalue weighted by Crippen LogP contribution is -1.93. The van der Waals surface area contributed by atoms with Gasteiger partial charge in [0.15, 0.2) is 11.5 Å². The van der Waals surface area contributed by atoms with Gasteiger partial charge in [0.2, 0.25) is 0 Å². The van der Waals surface area contributed by atoms with E-state index in [0.717, 1.165) is 0 Å². The van der Waals surface area contributed by atoms with Gasteiger partial charge in [-0.2, -0.15) is 0 Å². The molecule has 6 heteroatoms. The zero-order valence-corrected chi connectivity index (χ0v) is 13.4. The van der Waals surface area contributed by atoms with Crippen LogP contribution in [0, 0.1) is 0 Å². The molecule has 2 aromatic carbocycles. The number of aliphatic hydroxyl groups excluding tert-OH is 1. The lowest BCUT2D eigenvalue weighted by Gasteiger charge is -2.11. The van der Waals surface area contributed by atoms with Crippen molar-refractivity contribution < 1.29 is 19.7 Å². The van der Waals surface area contributed by atoms with Crippen LogP contribution in [0.1, 0.15) is 25.5 Å². The van der Waals surface area contributed by atoms with E-state index in [1.54, 1.807) is 13.0 Å². The Hall–Kier alpha value is -2.60. The Morgan fingerprint density at radius 1 is 1.09 bits per heavy atom. The van der Waals surface area contributed by atoms with Crippen LogP contribution in [-0.2, 0) is 0 Å². The molecule has 0 aromatic heterocycles. The van der Waals surface area contributed by atoms with Gasteiger partial charge in [-0.25, -0.2) is 0 Å². The molecule has 0 saturated carbocycles. The Kier molecular flexibility index (Phi) is 5.54. The molecule has 0 spiro atoms. The highest BCUT2D eigenvalue weighted by Gasteiger charge is 2.13. The van der Waals surface area contributed by atoms with E-state index in [2.05, 4.69) is 10.2 Å². The number of phenols is 1. The maximum atomic E-state index is 9.85. The van der Waals surface area contributed by atoms with Crippen LogP contribution in [0.4, 0.5) is 11.4 Å². The van der Waals surface area contributed by atoms with Gasteiger partial charge in [0, 0.05) is 11.6 Å². The highest BCUT2D eigenvalue weighted by Crippen LogP contribution is 2.38. The fraction of sp³-hybridized carbons (Fsp3) is 0.294. The highest BCUT2D eigenvalue weighted by molar-refractivity contribution is 5.58. The smallest absolute Gasteiger partial charge is 0.162 e. The minimum atomic E-state index is -0.803. The van der Waals surface area contributed by atoms with Crippen molar-refractivity contribution in [2.75, 3.05) is 13.7 Å². The molecule has 0 fully saturated rings. The largest absolute Gasteiger partial charge is 0.504 e. The summed E-state index contributed by atoms with van der Waals surface area (Å²) in [6.45, 7) is 4.01. The first kappa shape index (κ1) is 16.8. The second-order valence-corrected chi connectivity index (χ2v) is 4.86. The summed E-state index contributed by atoms with van der Waals surface area (Å²) in [6.07, 6.45) is -0.803. The highest BCUT2D eigenvalue weighted by atomic mass is 16.5. The predicted octanol–water partition coefficient (Wildman–Crippen LogP) is 4.27. The number of aliphatic hydroxyl groups is 1. The van der Waals surface area contributed by atoms with Crippen molar-refractivity contribution in [3.63, 3.8) is 0 Å². The van der Waals surface area contributed by atoms with Gasteiger partial charge in [0.05, 0.1) is 25.5 Å². The Morgan fingerprint density at radius 2 is 1.78 bits per heavy atom. The molecule has 0 bridgehead atoms. The number of benzene rings is 2. The monoisotopic (exact) mass is 316 g/mol. The molecule has 0 heterocycles. The van der Waals surface area contributed by atoms with Crippen molar-refractivity contribution in [2.24, 2.45) is 10.2 Å². The summed E-state index contributed by atoms with van der Waals surface area (Å²) in [6, 6.07) is 10.2. The molecule has 2 rings (SSSR count). The van der Waals surface area contributed by atoms with Crippen molar-refractivity contribution in [3.8, 4) is 17.2 Å². The second kappa shape index (κ2) is 7.60.